The smallest absolute Gasteiger partial charge is 0.245 e. The van der Waals surface area contributed by atoms with Crippen molar-refractivity contribution in [2.45, 2.75) is 25.3 Å². The molecule has 1 amide bonds. The van der Waals surface area contributed by atoms with E-state index in [0.29, 0.717) is 5.88 Å². The number of carbonyl (C=O) groups excluding carboxylic acids is 1. The molecule has 1 saturated heterocycles. The van der Waals surface area contributed by atoms with Crippen LogP contribution in [0.4, 0.5) is 0 Å². The van der Waals surface area contributed by atoms with Crippen LogP contribution in [0.25, 0.3) is 11.2 Å². The van der Waals surface area contributed by atoms with Crippen molar-refractivity contribution >= 4 is 28.7 Å². The third-order valence-electron chi connectivity index (χ3n) is 3.74. The minimum Gasteiger partial charge on any atom is -0.344 e. The predicted octanol–water partition coefficient (Wildman–Crippen LogP) is 1.22. The minimum atomic E-state index is -0.210. The molecule has 6 nitrogen and oxygen atoms in total. The monoisotopic (exact) mass is 281 g/mol. The Hall–Kier alpha value is -1.56. The van der Waals surface area contributed by atoms with Gasteiger partial charge in [0.2, 0.25) is 5.91 Å². The highest BCUT2D eigenvalue weighted by atomic mass is 35.5. The van der Waals surface area contributed by atoms with Crippen LogP contribution in [0.3, 0.4) is 0 Å². The predicted molar refractivity (Wildman–Crippen MR) is 72.1 cm³/mol. The van der Waals surface area contributed by atoms with Crippen molar-refractivity contribution in [3.05, 3.63) is 11.5 Å². The number of amides is 1. The van der Waals surface area contributed by atoms with E-state index >= 15 is 0 Å². The molecular formula is C12H16ClN5O. The van der Waals surface area contributed by atoms with Crippen LogP contribution in [-0.2, 0) is 17.7 Å². The second kappa shape index (κ2) is 4.23. The summed E-state index contributed by atoms with van der Waals surface area (Å²) in [6, 6.07) is -0.210. The average molecular weight is 282 g/mol. The van der Waals surface area contributed by atoms with E-state index in [1.165, 1.54) is 0 Å². The number of alkyl halides is 1. The van der Waals surface area contributed by atoms with E-state index in [1.54, 1.807) is 9.58 Å². The summed E-state index contributed by atoms with van der Waals surface area (Å²) in [7, 11) is 3.69. The Bertz CT molecular complexity index is 659. The number of hydrogen-bond acceptors (Lipinski definition) is 3. The van der Waals surface area contributed by atoms with Gasteiger partial charge in [-0.15, -0.1) is 11.6 Å². The molecule has 2 aromatic heterocycles. The second-order valence-corrected chi connectivity index (χ2v) is 5.24. The molecule has 0 spiro atoms. The van der Waals surface area contributed by atoms with Crippen LogP contribution in [0.5, 0.6) is 0 Å². The summed E-state index contributed by atoms with van der Waals surface area (Å²) in [5.74, 6) is 1.15. The normalized spacial score (nSPS) is 19.9. The summed E-state index contributed by atoms with van der Waals surface area (Å²) in [4.78, 5) is 18.5. The molecule has 0 aromatic carbocycles. The maximum absolute atomic E-state index is 12.2. The van der Waals surface area contributed by atoms with Crippen molar-refractivity contribution in [2.75, 3.05) is 13.6 Å². The van der Waals surface area contributed by atoms with Gasteiger partial charge in [-0.3, -0.25) is 14.0 Å². The second-order valence-electron chi connectivity index (χ2n) is 4.98. The fraction of sp³-hybridized carbons (Fsp3) is 0.583. The summed E-state index contributed by atoms with van der Waals surface area (Å²) in [6.07, 6.45) is 0.787. The lowest BCUT2D eigenvalue weighted by Crippen LogP contribution is -2.25. The van der Waals surface area contributed by atoms with E-state index in [9.17, 15) is 4.79 Å². The van der Waals surface area contributed by atoms with Crippen molar-refractivity contribution in [2.24, 2.45) is 7.05 Å². The molecule has 1 aliphatic rings. The van der Waals surface area contributed by atoms with Crippen LogP contribution in [0, 0.1) is 6.92 Å². The fourth-order valence-electron chi connectivity index (χ4n) is 2.81. The number of nitrogens with zero attached hydrogens (tertiary/aromatic N) is 5. The van der Waals surface area contributed by atoms with Gasteiger partial charge in [0.05, 0.1) is 11.6 Å². The van der Waals surface area contributed by atoms with Gasteiger partial charge < -0.3 is 4.90 Å². The molecule has 0 radical (unpaired) electrons. The number of carbonyl (C=O) groups is 1. The van der Waals surface area contributed by atoms with E-state index < -0.39 is 0 Å². The van der Waals surface area contributed by atoms with Crippen molar-refractivity contribution in [3.8, 4) is 0 Å². The zero-order chi connectivity index (χ0) is 13.7. The van der Waals surface area contributed by atoms with E-state index in [4.69, 9.17) is 11.6 Å². The number of fused-ring (bicyclic) bond motifs is 1. The quantitative estimate of drug-likeness (QED) is 0.778. The molecule has 2 aromatic rings. The molecule has 1 unspecified atom stereocenters. The van der Waals surface area contributed by atoms with Gasteiger partial charge in [0, 0.05) is 20.6 Å². The van der Waals surface area contributed by atoms with Crippen LogP contribution in [0.2, 0.25) is 0 Å². The zero-order valence-corrected chi connectivity index (χ0v) is 12.0. The lowest BCUT2D eigenvalue weighted by atomic mass is 10.2. The third kappa shape index (κ3) is 1.66. The molecule has 0 N–H and O–H groups in total. The molecule has 19 heavy (non-hydrogen) atoms. The van der Waals surface area contributed by atoms with Gasteiger partial charge >= 0.3 is 0 Å². The number of rotatable bonds is 2. The van der Waals surface area contributed by atoms with E-state index in [0.717, 1.165) is 35.6 Å². The van der Waals surface area contributed by atoms with Gasteiger partial charge in [-0.05, 0) is 13.3 Å². The highest BCUT2D eigenvalue weighted by Gasteiger charge is 2.34. The van der Waals surface area contributed by atoms with Crippen LogP contribution in [-0.4, -0.2) is 43.7 Å². The number of aromatic nitrogens is 4. The maximum Gasteiger partial charge on any atom is 0.245 e. The molecule has 102 valence electrons. The summed E-state index contributed by atoms with van der Waals surface area (Å²) >= 11 is 5.99. The van der Waals surface area contributed by atoms with Gasteiger partial charge in [-0.2, -0.15) is 5.10 Å². The number of imidazole rings is 1. The van der Waals surface area contributed by atoms with Crippen LogP contribution < -0.4 is 0 Å². The summed E-state index contributed by atoms with van der Waals surface area (Å²) in [6.45, 7) is 2.68. The standard InChI is InChI=1S/C12H16ClN5O/c1-7-10-11(17(3)15-7)18(9(6-13)14-10)8-4-5-16(2)12(8)19/h8H,4-6H2,1-3H3. The molecule has 1 fully saturated rings. The van der Waals surface area contributed by atoms with Crippen molar-refractivity contribution in [1.82, 2.24) is 24.2 Å². The minimum absolute atomic E-state index is 0.115. The SMILES string of the molecule is Cc1nn(C)c2c1nc(CCl)n2C1CCN(C)C1=O. The topological polar surface area (TPSA) is 56.0 Å². The van der Waals surface area contributed by atoms with Crippen LogP contribution >= 0.6 is 11.6 Å². The Balaban J connectivity index is 2.24. The van der Waals surface area contributed by atoms with Crippen LogP contribution in [0.1, 0.15) is 24.0 Å². The highest BCUT2D eigenvalue weighted by molar-refractivity contribution is 6.17. The Labute approximate surface area is 115 Å². The van der Waals surface area contributed by atoms with Crippen molar-refractivity contribution in [1.29, 1.82) is 0 Å². The fourth-order valence-corrected chi connectivity index (χ4v) is 2.99. The average Bonchev–Trinajstić information content (AvgIpc) is 2.98. The summed E-state index contributed by atoms with van der Waals surface area (Å²) in [5.41, 5.74) is 2.57. The lowest BCUT2D eigenvalue weighted by Gasteiger charge is -2.15. The third-order valence-corrected chi connectivity index (χ3v) is 3.98. The highest BCUT2D eigenvalue weighted by Crippen LogP contribution is 2.30. The maximum atomic E-state index is 12.2. The summed E-state index contributed by atoms with van der Waals surface area (Å²) in [5, 5.41) is 4.37. The van der Waals surface area contributed by atoms with Gasteiger partial charge in [-0.1, -0.05) is 0 Å². The first-order valence-electron chi connectivity index (χ1n) is 6.26. The first-order chi connectivity index (χ1) is 9.04. The molecule has 3 heterocycles. The van der Waals surface area contributed by atoms with Crippen LogP contribution in [0.15, 0.2) is 0 Å². The van der Waals surface area contributed by atoms with Gasteiger partial charge in [-0.25, -0.2) is 4.98 Å². The van der Waals surface area contributed by atoms with Gasteiger partial charge in [0.1, 0.15) is 17.4 Å². The molecule has 1 atom stereocenters. The molecule has 0 saturated carbocycles. The first kappa shape index (κ1) is 12.5. The van der Waals surface area contributed by atoms with E-state index in [2.05, 4.69) is 10.1 Å². The molecule has 0 aliphatic carbocycles. The van der Waals surface area contributed by atoms with Crippen molar-refractivity contribution in [3.63, 3.8) is 0 Å². The lowest BCUT2D eigenvalue weighted by molar-refractivity contribution is -0.129. The van der Waals surface area contributed by atoms with E-state index in [1.807, 2.05) is 25.6 Å². The largest absolute Gasteiger partial charge is 0.344 e. The molecular weight excluding hydrogens is 266 g/mol. The Kier molecular flexibility index (Phi) is 2.78. The number of halogens is 1. The first-order valence-corrected chi connectivity index (χ1v) is 6.79. The van der Waals surface area contributed by atoms with Gasteiger partial charge in [0.15, 0.2) is 5.65 Å². The zero-order valence-electron chi connectivity index (χ0n) is 11.2. The molecule has 3 rings (SSSR count). The van der Waals surface area contributed by atoms with Crippen molar-refractivity contribution < 1.29 is 4.79 Å². The Morgan fingerprint density at radius 2 is 2.16 bits per heavy atom. The number of aryl methyl sites for hydroxylation is 2. The molecule has 0 bridgehead atoms. The molecule has 1 aliphatic heterocycles. The number of hydrogen-bond donors (Lipinski definition) is 0. The van der Waals surface area contributed by atoms with Gasteiger partial charge in [0.25, 0.3) is 0 Å². The number of likely N-dealkylation sites (N-methyl/N-ethyl adjacent to an activating group) is 1. The summed E-state index contributed by atoms with van der Waals surface area (Å²) < 4.78 is 3.73. The Morgan fingerprint density at radius 3 is 2.74 bits per heavy atom. The van der Waals surface area contributed by atoms with E-state index in [-0.39, 0.29) is 11.9 Å². The number of likely N-dealkylation sites (tertiary alicyclic amines) is 1. The Morgan fingerprint density at radius 1 is 1.42 bits per heavy atom. The molecule has 7 heteroatoms.